The molecule has 64 valence electrons. The van der Waals surface area contributed by atoms with Crippen LogP contribution in [0.3, 0.4) is 0 Å². The molecule has 0 aromatic heterocycles. The van der Waals surface area contributed by atoms with Gasteiger partial charge in [0.15, 0.2) is 0 Å². The molecule has 1 saturated heterocycles. The maximum absolute atomic E-state index is 3.53. The minimum atomic E-state index is 0. The molecule has 3 fully saturated rings. The van der Waals surface area contributed by atoms with Crippen molar-refractivity contribution >= 4 is 12.4 Å². The van der Waals surface area contributed by atoms with Gasteiger partial charge in [0.05, 0.1) is 0 Å². The van der Waals surface area contributed by atoms with Crippen LogP contribution in [-0.2, 0) is 0 Å². The lowest BCUT2D eigenvalue weighted by molar-refractivity contribution is 0.281. The van der Waals surface area contributed by atoms with Gasteiger partial charge < -0.3 is 5.32 Å². The second-order valence-electron chi connectivity index (χ2n) is 4.32. The molecule has 0 amide bonds. The van der Waals surface area contributed by atoms with Crippen molar-refractivity contribution in [2.45, 2.75) is 19.3 Å². The fourth-order valence-electron chi connectivity index (χ4n) is 3.58. The van der Waals surface area contributed by atoms with Crippen LogP contribution in [0.2, 0.25) is 0 Å². The third-order valence-electron chi connectivity index (χ3n) is 4.03. The number of fused-ring (bicyclic) bond motifs is 5. The van der Waals surface area contributed by atoms with Crippen LogP contribution < -0.4 is 5.32 Å². The van der Waals surface area contributed by atoms with Gasteiger partial charge in [-0.25, -0.2) is 0 Å². The van der Waals surface area contributed by atoms with Crippen molar-refractivity contribution in [3.05, 3.63) is 0 Å². The SMILES string of the molecule is C1C[C@@H]2C[C@H]1[C@H]1CNC[C@@H]21.Cl. The Labute approximate surface area is 74.3 Å². The van der Waals surface area contributed by atoms with Gasteiger partial charge in [-0.15, -0.1) is 12.4 Å². The second kappa shape index (κ2) is 2.63. The zero-order valence-corrected chi connectivity index (χ0v) is 7.57. The van der Waals surface area contributed by atoms with Crippen molar-refractivity contribution in [2.24, 2.45) is 23.7 Å². The molecule has 1 heterocycles. The number of nitrogens with one attached hydrogen (secondary N) is 1. The third-order valence-corrected chi connectivity index (χ3v) is 4.03. The molecule has 4 atom stereocenters. The summed E-state index contributed by atoms with van der Waals surface area (Å²) in [5.74, 6) is 4.45. The Morgan fingerprint density at radius 1 is 0.909 bits per heavy atom. The summed E-state index contributed by atoms with van der Waals surface area (Å²) in [6.45, 7) is 2.68. The molecule has 1 aliphatic heterocycles. The second-order valence-corrected chi connectivity index (χ2v) is 4.32. The van der Waals surface area contributed by atoms with Crippen molar-refractivity contribution in [3.63, 3.8) is 0 Å². The molecule has 0 aromatic rings. The van der Waals surface area contributed by atoms with Crippen LogP contribution in [0.5, 0.6) is 0 Å². The van der Waals surface area contributed by atoms with Gasteiger partial charge in [0.1, 0.15) is 0 Å². The maximum atomic E-state index is 3.53. The summed E-state index contributed by atoms with van der Waals surface area (Å²) in [5, 5.41) is 3.53. The molecule has 3 rings (SSSR count). The predicted molar refractivity (Wildman–Crippen MR) is 47.9 cm³/mol. The van der Waals surface area contributed by atoms with E-state index in [1.165, 1.54) is 13.1 Å². The van der Waals surface area contributed by atoms with Crippen LogP contribution >= 0.6 is 12.4 Å². The lowest BCUT2D eigenvalue weighted by Gasteiger charge is -2.22. The van der Waals surface area contributed by atoms with Crippen LogP contribution in [-0.4, -0.2) is 13.1 Å². The Morgan fingerprint density at radius 3 is 2.00 bits per heavy atom. The van der Waals surface area contributed by atoms with E-state index in [1.807, 2.05) is 0 Å². The summed E-state index contributed by atoms with van der Waals surface area (Å²) in [6.07, 6.45) is 4.68. The van der Waals surface area contributed by atoms with Gasteiger partial charge in [0.25, 0.3) is 0 Å². The molecule has 11 heavy (non-hydrogen) atoms. The summed E-state index contributed by atoms with van der Waals surface area (Å²) >= 11 is 0. The van der Waals surface area contributed by atoms with Crippen LogP contribution in [0.15, 0.2) is 0 Å². The lowest BCUT2D eigenvalue weighted by Crippen LogP contribution is -2.19. The fraction of sp³-hybridized carbons (Fsp3) is 1.00. The van der Waals surface area contributed by atoms with E-state index in [-0.39, 0.29) is 12.4 Å². The van der Waals surface area contributed by atoms with E-state index in [4.69, 9.17) is 0 Å². The zero-order valence-electron chi connectivity index (χ0n) is 6.75. The van der Waals surface area contributed by atoms with E-state index in [0.29, 0.717) is 0 Å². The fourth-order valence-corrected chi connectivity index (χ4v) is 3.58. The summed E-state index contributed by atoms with van der Waals surface area (Å²) in [4.78, 5) is 0. The van der Waals surface area contributed by atoms with E-state index in [2.05, 4.69) is 5.32 Å². The molecular formula is C9H16ClN. The zero-order chi connectivity index (χ0) is 6.55. The van der Waals surface area contributed by atoms with Crippen LogP contribution in [0.4, 0.5) is 0 Å². The summed E-state index contributed by atoms with van der Waals surface area (Å²) in [6, 6.07) is 0. The maximum Gasteiger partial charge on any atom is -0.00145 e. The Balaban J connectivity index is 0.000000480. The predicted octanol–water partition coefficient (Wildman–Crippen LogP) is 1.67. The molecule has 3 aliphatic rings. The molecule has 1 N–H and O–H groups in total. The molecule has 2 aliphatic carbocycles. The van der Waals surface area contributed by atoms with Gasteiger partial charge >= 0.3 is 0 Å². The molecule has 0 spiro atoms. The average molecular weight is 174 g/mol. The quantitative estimate of drug-likeness (QED) is 0.588. The van der Waals surface area contributed by atoms with Crippen molar-refractivity contribution in [2.75, 3.05) is 13.1 Å². The molecular weight excluding hydrogens is 158 g/mol. The highest BCUT2D eigenvalue weighted by atomic mass is 35.5. The Kier molecular flexibility index (Phi) is 1.89. The van der Waals surface area contributed by atoms with Gasteiger partial charge in [0, 0.05) is 0 Å². The van der Waals surface area contributed by atoms with Crippen LogP contribution in [0, 0.1) is 23.7 Å². The van der Waals surface area contributed by atoms with E-state index in [9.17, 15) is 0 Å². The van der Waals surface area contributed by atoms with Gasteiger partial charge in [-0.3, -0.25) is 0 Å². The first kappa shape index (κ1) is 7.88. The minimum Gasteiger partial charge on any atom is -0.316 e. The third kappa shape index (κ3) is 0.940. The molecule has 0 unspecified atom stereocenters. The Hall–Kier alpha value is 0.250. The largest absolute Gasteiger partial charge is 0.316 e. The highest BCUT2D eigenvalue weighted by Gasteiger charge is 2.48. The highest BCUT2D eigenvalue weighted by Crippen LogP contribution is 2.53. The molecule has 1 nitrogen and oxygen atoms in total. The first-order chi connectivity index (χ1) is 4.95. The minimum absolute atomic E-state index is 0. The van der Waals surface area contributed by atoms with E-state index < -0.39 is 0 Å². The molecule has 2 heteroatoms. The summed E-state index contributed by atoms with van der Waals surface area (Å²) < 4.78 is 0. The normalized spacial score (nSPS) is 52.4. The van der Waals surface area contributed by atoms with Crippen molar-refractivity contribution in [1.29, 1.82) is 0 Å². The first-order valence-corrected chi connectivity index (χ1v) is 4.66. The highest BCUT2D eigenvalue weighted by molar-refractivity contribution is 5.85. The molecule has 2 bridgehead atoms. The topological polar surface area (TPSA) is 12.0 Å². The number of hydrogen-bond acceptors (Lipinski definition) is 1. The number of halogens is 1. The van der Waals surface area contributed by atoms with Crippen molar-refractivity contribution in [1.82, 2.24) is 5.32 Å². The van der Waals surface area contributed by atoms with Gasteiger partial charge in [-0.2, -0.15) is 0 Å². The van der Waals surface area contributed by atoms with Gasteiger partial charge in [0.2, 0.25) is 0 Å². The number of hydrogen-bond donors (Lipinski definition) is 1. The number of rotatable bonds is 0. The van der Waals surface area contributed by atoms with E-state index >= 15 is 0 Å². The monoisotopic (exact) mass is 173 g/mol. The Bertz CT molecular complexity index is 144. The van der Waals surface area contributed by atoms with Gasteiger partial charge in [-0.1, -0.05) is 0 Å². The lowest BCUT2D eigenvalue weighted by atomic mass is 9.82. The standard InChI is InChI=1S/C9H15N.ClH/c1-2-7-3-6(1)8-4-10-5-9(7)8;/h6-10H,1-5H2;1H/t6-,7+,8+,9-;. The average Bonchev–Trinajstić information content (AvgIpc) is 2.60. The summed E-state index contributed by atoms with van der Waals surface area (Å²) in [5.41, 5.74) is 0. The van der Waals surface area contributed by atoms with Crippen LogP contribution in [0.25, 0.3) is 0 Å². The van der Waals surface area contributed by atoms with Gasteiger partial charge in [-0.05, 0) is 56.0 Å². The van der Waals surface area contributed by atoms with Crippen LogP contribution in [0.1, 0.15) is 19.3 Å². The van der Waals surface area contributed by atoms with E-state index in [0.717, 1.165) is 23.7 Å². The van der Waals surface area contributed by atoms with Crippen molar-refractivity contribution < 1.29 is 0 Å². The molecule has 2 saturated carbocycles. The Morgan fingerprint density at radius 2 is 1.45 bits per heavy atom. The van der Waals surface area contributed by atoms with E-state index in [1.54, 1.807) is 19.3 Å². The van der Waals surface area contributed by atoms with Crippen molar-refractivity contribution in [3.8, 4) is 0 Å². The molecule has 0 aromatic carbocycles. The first-order valence-electron chi connectivity index (χ1n) is 4.66. The molecule has 0 radical (unpaired) electrons. The smallest absolute Gasteiger partial charge is 0.00145 e. The summed E-state index contributed by atoms with van der Waals surface area (Å²) in [7, 11) is 0.